The topological polar surface area (TPSA) is 112 Å². The Hall–Kier alpha value is -1.12. The first-order valence-corrected chi connectivity index (χ1v) is 7.34. The number of rotatable bonds is 3. The first-order valence-electron chi connectivity index (χ1n) is 5.90. The summed E-state index contributed by atoms with van der Waals surface area (Å²) in [6.45, 7) is 2.55. The standard InChI is InChI=1S/C10H18N4O3S/c1-7(15)8-2-4-14(5-3-8)18(16,17)9-6-12-13-10(9)11/h6-8,15H,2-5H2,1H3,(H3,11,12,13). The van der Waals surface area contributed by atoms with Crippen molar-refractivity contribution in [3.63, 3.8) is 0 Å². The Bertz CT molecular complexity index is 503. The van der Waals surface area contributed by atoms with Crippen molar-refractivity contribution >= 4 is 15.8 Å². The average Bonchev–Trinajstić information content (AvgIpc) is 2.76. The van der Waals surface area contributed by atoms with Crippen molar-refractivity contribution in [1.82, 2.24) is 14.5 Å². The molecule has 18 heavy (non-hydrogen) atoms. The Morgan fingerprint density at radius 2 is 2.17 bits per heavy atom. The molecule has 4 N–H and O–H groups in total. The second-order valence-corrected chi connectivity index (χ2v) is 6.54. The van der Waals surface area contributed by atoms with Gasteiger partial charge in [-0.2, -0.15) is 9.40 Å². The second kappa shape index (κ2) is 4.87. The highest BCUT2D eigenvalue weighted by atomic mass is 32.2. The molecule has 1 unspecified atom stereocenters. The smallest absolute Gasteiger partial charge is 0.248 e. The van der Waals surface area contributed by atoms with E-state index in [1.54, 1.807) is 6.92 Å². The van der Waals surface area contributed by atoms with E-state index < -0.39 is 16.1 Å². The summed E-state index contributed by atoms with van der Waals surface area (Å²) in [5.74, 6) is 0.228. The molecule has 0 radical (unpaired) electrons. The van der Waals surface area contributed by atoms with Crippen LogP contribution in [0.3, 0.4) is 0 Å². The fourth-order valence-corrected chi connectivity index (χ4v) is 3.71. The Morgan fingerprint density at radius 1 is 1.56 bits per heavy atom. The number of H-pyrrole nitrogens is 1. The maximum absolute atomic E-state index is 12.3. The predicted octanol–water partition coefficient (Wildman–Crippen LogP) is -0.227. The predicted molar refractivity (Wildman–Crippen MR) is 66.2 cm³/mol. The van der Waals surface area contributed by atoms with Gasteiger partial charge in [0, 0.05) is 13.1 Å². The lowest BCUT2D eigenvalue weighted by Crippen LogP contribution is -2.40. The van der Waals surface area contributed by atoms with E-state index in [-0.39, 0.29) is 16.6 Å². The molecule has 8 heteroatoms. The van der Waals surface area contributed by atoms with Gasteiger partial charge in [0.05, 0.1) is 12.3 Å². The molecule has 1 aromatic heterocycles. The summed E-state index contributed by atoms with van der Waals surface area (Å²) in [6, 6.07) is 0. The second-order valence-electron chi connectivity index (χ2n) is 4.63. The van der Waals surface area contributed by atoms with Gasteiger partial charge < -0.3 is 10.8 Å². The van der Waals surface area contributed by atoms with E-state index in [9.17, 15) is 13.5 Å². The lowest BCUT2D eigenvalue weighted by Gasteiger charge is -2.32. The largest absolute Gasteiger partial charge is 0.393 e. The number of aromatic nitrogens is 2. The molecule has 2 heterocycles. The zero-order valence-corrected chi connectivity index (χ0v) is 11.0. The molecule has 0 bridgehead atoms. The highest BCUT2D eigenvalue weighted by Crippen LogP contribution is 2.27. The highest BCUT2D eigenvalue weighted by molar-refractivity contribution is 7.89. The molecular weight excluding hydrogens is 256 g/mol. The van der Waals surface area contributed by atoms with Crippen molar-refractivity contribution in [2.45, 2.75) is 30.8 Å². The third-order valence-electron chi connectivity index (χ3n) is 3.43. The minimum atomic E-state index is -3.57. The molecule has 1 aromatic rings. The number of hydrogen-bond donors (Lipinski definition) is 3. The fraction of sp³-hybridized carbons (Fsp3) is 0.700. The van der Waals surface area contributed by atoms with Gasteiger partial charge in [0.2, 0.25) is 10.0 Å². The first-order chi connectivity index (χ1) is 8.43. The van der Waals surface area contributed by atoms with Crippen molar-refractivity contribution in [3.05, 3.63) is 6.20 Å². The molecule has 2 rings (SSSR count). The van der Waals surface area contributed by atoms with Gasteiger partial charge in [0.15, 0.2) is 0 Å². The zero-order chi connectivity index (χ0) is 13.3. The van der Waals surface area contributed by atoms with Crippen molar-refractivity contribution in [2.75, 3.05) is 18.8 Å². The summed E-state index contributed by atoms with van der Waals surface area (Å²) < 4.78 is 25.9. The molecule has 7 nitrogen and oxygen atoms in total. The molecule has 0 amide bonds. The lowest BCUT2D eigenvalue weighted by atomic mass is 9.93. The Labute approximate surface area is 106 Å². The van der Waals surface area contributed by atoms with Crippen LogP contribution in [0.2, 0.25) is 0 Å². The van der Waals surface area contributed by atoms with Crippen LogP contribution in [-0.4, -0.2) is 47.2 Å². The summed E-state index contributed by atoms with van der Waals surface area (Å²) in [7, 11) is -3.57. The van der Waals surface area contributed by atoms with Crippen molar-refractivity contribution in [2.24, 2.45) is 5.92 Å². The number of anilines is 1. The zero-order valence-electron chi connectivity index (χ0n) is 10.2. The van der Waals surface area contributed by atoms with E-state index in [2.05, 4.69) is 10.2 Å². The van der Waals surface area contributed by atoms with Crippen LogP contribution in [0.4, 0.5) is 5.82 Å². The fourth-order valence-electron chi connectivity index (χ4n) is 2.23. The van der Waals surface area contributed by atoms with E-state index in [0.29, 0.717) is 25.9 Å². The third-order valence-corrected chi connectivity index (χ3v) is 5.36. The summed E-state index contributed by atoms with van der Waals surface area (Å²) in [5.41, 5.74) is 5.54. The van der Waals surface area contributed by atoms with E-state index in [4.69, 9.17) is 5.73 Å². The number of sulfonamides is 1. The monoisotopic (exact) mass is 274 g/mol. The molecule has 0 aromatic carbocycles. The molecule has 1 atom stereocenters. The van der Waals surface area contributed by atoms with Crippen LogP contribution in [-0.2, 0) is 10.0 Å². The third kappa shape index (κ3) is 2.36. The van der Waals surface area contributed by atoms with E-state index in [1.165, 1.54) is 10.5 Å². The van der Waals surface area contributed by atoms with Crippen LogP contribution in [0.15, 0.2) is 11.1 Å². The molecule has 1 aliphatic rings. The maximum Gasteiger partial charge on any atom is 0.248 e. The summed E-state index contributed by atoms with van der Waals surface area (Å²) in [6.07, 6.45) is 2.16. The van der Waals surface area contributed by atoms with Gasteiger partial charge in [-0.1, -0.05) is 0 Å². The van der Waals surface area contributed by atoms with Crippen LogP contribution in [0, 0.1) is 5.92 Å². The molecular formula is C10H18N4O3S. The van der Waals surface area contributed by atoms with E-state index in [0.717, 1.165) is 0 Å². The number of nitrogens with one attached hydrogen (secondary N) is 1. The van der Waals surface area contributed by atoms with Crippen LogP contribution >= 0.6 is 0 Å². The van der Waals surface area contributed by atoms with Gasteiger partial charge in [-0.05, 0) is 25.7 Å². The highest BCUT2D eigenvalue weighted by Gasteiger charge is 2.32. The van der Waals surface area contributed by atoms with E-state index >= 15 is 0 Å². The van der Waals surface area contributed by atoms with Crippen LogP contribution in [0.5, 0.6) is 0 Å². The molecule has 1 fully saturated rings. The number of aromatic amines is 1. The normalized spacial score (nSPS) is 21.0. The molecule has 102 valence electrons. The summed E-state index contributed by atoms with van der Waals surface area (Å²) in [5, 5.41) is 15.5. The van der Waals surface area contributed by atoms with Gasteiger partial charge in [0.25, 0.3) is 0 Å². The maximum atomic E-state index is 12.3. The molecule has 1 aliphatic heterocycles. The van der Waals surface area contributed by atoms with Crippen molar-refractivity contribution in [1.29, 1.82) is 0 Å². The number of nitrogens with two attached hydrogens (primary N) is 1. The lowest BCUT2D eigenvalue weighted by molar-refractivity contribution is 0.0912. The minimum absolute atomic E-state index is 0.0259. The number of aliphatic hydroxyl groups excluding tert-OH is 1. The van der Waals surface area contributed by atoms with Gasteiger partial charge in [-0.15, -0.1) is 0 Å². The van der Waals surface area contributed by atoms with Crippen LogP contribution in [0.1, 0.15) is 19.8 Å². The molecule has 0 saturated carbocycles. The summed E-state index contributed by atoms with van der Waals surface area (Å²) in [4.78, 5) is 0.0259. The first kappa shape index (κ1) is 13.3. The summed E-state index contributed by atoms with van der Waals surface area (Å²) >= 11 is 0. The van der Waals surface area contributed by atoms with E-state index in [1.807, 2.05) is 0 Å². The SMILES string of the molecule is CC(O)C1CCN(S(=O)(=O)c2cn[nH]c2N)CC1. The average molecular weight is 274 g/mol. The minimum Gasteiger partial charge on any atom is -0.393 e. The molecule has 0 aliphatic carbocycles. The number of nitrogens with zero attached hydrogens (tertiary/aromatic N) is 2. The van der Waals surface area contributed by atoms with Crippen molar-refractivity contribution in [3.8, 4) is 0 Å². The number of nitrogen functional groups attached to an aromatic ring is 1. The molecule has 1 saturated heterocycles. The van der Waals surface area contributed by atoms with Gasteiger partial charge in [-0.25, -0.2) is 8.42 Å². The van der Waals surface area contributed by atoms with Gasteiger partial charge >= 0.3 is 0 Å². The Kier molecular flexibility index (Phi) is 3.60. The van der Waals surface area contributed by atoms with Crippen LogP contribution in [0.25, 0.3) is 0 Å². The number of piperidine rings is 1. The quantitative estimate of drug-likeness (QED) is 0.705. The number of aliphatic hydroxyl groups is 1. The molecule has 0 spiro atoms. The van der Waals surface area contributed by atoms with Gasteiger partial charge in [-0.3, -0.25) is 5.10 Å². The Morgan fingerprint density at radius 3 is 2.61 bits per heavy atom. The Balaban J connectivity index is 2.12. The number of hydrogen-bond acceptors (Lipinski definition) is 5. The van der Waals surface area contributed by atoms with Gasteiger partial charge in [0.1, 0.15) is 10.7 Å². The van der Waals surface area contributed by atoms with Crippen LogP contribution < -0.4 is 5.73 Å². The van der Waals surface area contributed by atoms with Crippen molar-refractivity contribution < 1.29 is 13.5 Å².